The molecule has 0 radical (unpaired) electrons. The summed E-state index contributed by atoms with van der Waals surface area (Å²) in [7, 11) is 1.13. The van der Waals surface area contributed by atoms with Gasteiger partial charge in [-0.2, -0.15) is 0 Å². The van der Waals surface area contributed by atoms with E-state index in [1.807, 2.05) is 6.07 Å². The minimum atomic E-state index is -1.56. The predicted octanol–water partition coefficient (Wildman–Crippen LogP) is 3.10. The number of aliphatic carboxylic acids is 1. The topological polar surface area (TPSA) is 82.1 Å². The maximum Gasteiger partial charge on any atom is 0.338 e. The molecule has 6 nitrogen and oxygen atoms in total. The van der Waals surface area contributed by atoms with Gasteiger partial charge in [-0.05, 0) is 11.6 Å². The van der Waals surface area contributed by atoms with E-state index in [1.54, 1.807) is 43.3 Å². The molecular weight excluding hydrogens is 355 g/mol. The number of methoxy groups -OCH3 is 1. The lowest BCUT2D eigenvalue weighted by Gasteiger charge is -2.27. The van der Waals surface area contributed by atoms with E-state index in [0.29, 0.717) is 16.7 Å². The molecule has 3 rings (SSSR count). The van der Waals surface area contributed by atoms with Crippen LogP contribution in [0.5, 0.6) is 0 Å². The summed E-state index contributed by atoms with van der Waals surface area (Å²) >= 11 is 0. The molecule has 0 aromatic heterocycles. The molecule has 2 aromatic carbocycles. The van der Waals surface area contributed by atoms with Gasteiger partial charge in [0.2, 0.25) is 0 Å². The second-order valence-electron chi connectivity index (χ2n) is 6.11. The van der Waals surface area contributed by atoms with Crippen LogP contribution in [-0.2, 0) is 29.6 Å². The van der Waals surface area contributed by atoms with Gasteiger partial charge in [-0.3, -0.25) is 0 Å². The summed E-state index contributed by atoms with van der Waals surface area (Å²) in [6.07, 6.45) is -2.81. The molecule has 1 unspecified atom stereocenters. The number of carboxylic acids is 1. The first-order chi connectivity index (χ1) is 12.9. The lowest BCUT2D eigenvalue weighted by Crippen LogP contribution is -2.37. The smallest absolute Gasteiger partial charge is 0.338 e. The Morgan fingerprint density at radius 1 is 1.15 bits per heavy atom. The van der Waals surface area contributed by atoms with Crippen molar-refractivity contribution in [2.45, 2.75) is 31.3 Å². The fourth-order valence-corrected chi connectivity index (χ4v) is 3.14. The molecule has 1 fully saturated rings. The Morgan fingerprint density at radius 2 is 1.81 bits per heavy atom. The van der Waals surface area contributed by atoms with Crippen LogP contribution in [0.2, 0.25) is 0 Å². The highest BCUT2D eigenvalue weighted by Crippen LogP contribution is 2.42. The fraction of sp³-hybridized carbons (Fsp3) is 0.300. The molecule has 1 saturated heterocycles. The summed E-state index contributed by atoms with van der Waals surface area (Å²) in [6, 6.07) is 13.4. The Morgan fingerprint density at radius 3 is 2.37 bits per heavy atom. The number of hydrogen-bond donors (Lipinski definition) is 1. The summed E-state index contributed by atoms with van der Waals surface area (Å²) in [5.41, 5.74) is 1.39. The molecule has 0 saturated carbocycles. The average Bonchev–Trinajstić information content (AvgIpc) is 3.10. The number of rotatable bonds is 5. The molecule has 7 heteroatoms. The van der Waals surface area contributed by atoms with Crippen molar-refractivity contribution >= 4 is 11.9 Å². The maximum absolute atomic E-state index is 14.8. The lowest BCUT2D eigenvalue weighted by molar-refractivity contribution is -0.196. The molecule has 1 aliphatic rings. The zero-order chi connectivity index (χ0) is 19.6. The maximum atomic E-state index is 14.8. The molecule has 0 aliphatic carbocycles. The van der Waals surface area contributed by atoms with Crippen molar-refractivity contribution in [3.63, 3.8) is 0 Å². The monoisotopic (exact) mass is 374 g/mol. The Bertz CT molecular complexity index is 853. The van der Waals surface area contributed by atoms with E-state index in [4.69, 9.17) is 9.47 Å². The zero-order valence-corrected chi connectivity index (χ0v) is 14.8. The van der Waals surface area contributed by atoms with Gasteiger partial charge in [-0.15, -0.1) is 0 Å². The first kappa shape index (κ1) is 19.0. The highest BCUT2D eigenvalue weighted by molar-refractivity contribution is 5.85. The van der Waals surface area contributed by atoms with Crippen molar-refractivity contribution in [1.29, 1.82) is 0 Å². The number of ether oxygens (including phenoxy) is 3. The van der Waals surface area contributed by atoms with Crippen molar-refractivity contribution in [2.75, 3.05) is 7.11 Å². The molecule has 27 heavy (non-hydrogen) atoms. The standard InChI is InChI=1S/C20H19FO6/c1-3-20(26-16(18(22)23)17(27-20)19(24)25-2)13-9-10-14(15(21)11-13)12-7-5-4-6-8-12/h4-11,16-17H,3H2,1-2H3,(H,22,23)/t16-,17-,20?/m1/s1. The largest absolute Gasteiger partial charge is 0.479 e. The molecule has 1 aliphatic heterocycles. The summed E-state index contributed by atoms with van der Waals surface area (Å²) in [4.78, 5) is 23.4. The Labute approximate surface area is 155 Å². The third-order valence-corrected chi connectivity index (χ3v) is 4.55. The van der Waals surface area contributed by atoms with Gasteiger partial charge >= 0.3 is 11.9 Å². The highest BCUT2D eigenvalue weighted by atomic mass is 19.1. The van der Waals surface area contributed by atoms with E-state index in [9.17, 15) is 19.1 Å². The molecule has 0 amide bonds. The molecule has 1 N–H and O–H groups in total. The van der Waals surface area contributed by atoms with E-state index >= 15 is 0 Å². The third-order valence-electron chi connectivity index (χ3n) is 4.55. The summed E-state index contributed by atoms with van der Waals surface area (Å²) in [5.74, 6) is -4.29. The van der Waals surface area contributed by atoms with Crippen molar-refractivity contribution in [3.8, 4) is 11.1 Å². The van der Waals surface area contributed by atoms with E-state index in [-0.39, 0.29) is 6.42 Å². The molecular formula is C20H19FO6. The van der Waals surface area contributed by atoms with Gasteiger partial charge in [0.05, 0.1) is 7.11 Å². The first-order valence-corrected chi connectivity index (χ1v) is 8.43. The van der Waals surface area contributed by atoms with Gasteiger partial charge in [-0.25, -0.2) is 14.0 Å². The number of halogens is 1. The van der Waals surface area contributed by atoms with Crippen molar-refractivity contribution in [3.05, 3.63) is 59.9 Å². The van der Waals surface area contributed by atoms with Crippen LogP contribution < -0.4 is 0 Å². The Balaban J connectivity index is 1.99. The third kappa shape index (κ3) is 3.43. The SMILES string of the molecule is CCC1(c2ccc(-c3ccccc3)c(F)c2)O[C@@H](C(=O)O)[C@H](C(=O)OC)O1. The van der Waals surface area contributed by atoms with E-state index in [0.717, 1.165) is 7.11 Å². The lowest BCUT2D eigenvalue weighted by atomic mass is 9.98. The van der Waals surface area contributed by atoms with Crippen molar-refractivity contribution in [1.82, 2.24) is 0 Å². The first-order valence-electron chi connectivity index (χ1n) is 8.43. The number of carboxylic acid groups (broad SMARTS) is 1. The molecule has 3 atom stereocenters. The van der Waals surface area contributed by atoms with Crippen LogP contribution in [-0.4, -0.2) is 36.4 Å². The molecule has 142 valence electrons. The average molecular weight is 374 g/mol. The van der Waals surface area contributed by atoms with Gasteiger partial charge in [-0.1, -0.05) is 49.4 Å². The number of esters is 1. The minimum absolute atomic E-state index is 0.175. The van der Waals surface area contributed by atoms with Crippen LogP contribution in [0, 0.1) is 5.82 Å². The minimum Gasteiger partial charge on any atom is -0.479 e. The quantitative estimate of drug-likeness (QED) is 0.810. The second kappa shape index (κ2) is 7.46. The Kier molecular flexibility index (Phi) is 5.25. The summed E-state index contributed by atoms with van der Waals surface area (Å²) < 4.78 is 30.6. The number of benzene rings is 2. The van der Waals surface area contributed by atoms with Gasteiger partial charge < -0.3 is 19.3 Å². The van der Waals surface area contributed by atoms with Crippen LogP contribution >= 0.6 is 0 Å². The van der Waals surface area contributed by atoms with E-state index < -0.39 is 35.8 Å². The molecule has 1 heterocycles. The van der Waals surface area contributed by atoms with Crippen molar-refractivity contribution in [2.24, 2.45) is 0 Å². The highest BCUT2D eigenvalue weighted by Gasteiger charge is 2.54. The predicted molar refractivity (Wildman–Crippen MR) is 93.2 cm³/mol. The summed E-state index contributed by atoms with van der Waals surface area (Å²) in [6.45, 7) is 1.70. The fourth-order valence-electron chi connectivity index (χ4n) is 3.14. The number of carbonyl (C=O) groups excluding carboxylic acids is 1. The van der Waals surface area contributed by atoms with Gasteiger partial charge in [0, 0.05) is 17.5 Å². The van der Waals surface area contributed by atoms with E-state index in [1.165, 1.54) is 6.07 Å². The van der Waals surface area contributed by atoms with Crippen molar-refractivity contribution < 1.29 is 33.3 Å². The molecule has 0 bridgehead atoms. The van der Waals surface area contributed by atoms with Crippen LogP contribution in [0.3, 0.4) is 0 Å². The number of carbonyl (C=O) groups is 2. The van der Waals surface area contributed by atoms with Crippen LogP contribution in [0.15, 0.2) is 48.5 Å². The second-order valence-corrected chi connectivity index (χ2v) is 6.11. The molecule has 2 aromatic rings. The van der Waals surface area contributed by atoms with Crippen LogP contribution in [0.4, 0.5) is 4.39 Å². The van der Waals surface area contributed by atoms with Crippen LogP contribution in [0.25, 0.3) is 11.1 Å². The summed E-state index contributed by atoms with van der Waals surface area (Å²) in [5, 5.41) is 9.36. The van der Waals surface area contributed by atoms with Gasteiger partial charge in [0.25, 0.3) is 0 Å². The Hall–Kier alpha value is -2.77. The van der Waals surface area contributed by atoms with Crippen LogP contribution in [0.1, 0.15) is 18.9 Å². The normalized spacial score (nSPS) is 24.6. The molecule has 0 spiro atoms. The van der Waals surface area contributed by atoms with Gasteiger partial charge in [0.15, 0.2) is 18.0 Å². The van der Waals surface area contributed by atoms with E-state index in [2.05, 4.69) is 4.74 Å². The number of hydrogen-bond acceptors (Lipinski definition) is 5. The van der Waals surface area contributed by atoms with Gasteiger partial charge in [0.1, 0.15) is 5.82 Å². The zero-order valence-electron chi connectivity index (χ0n) is 14.8.